The molecule has 0 aliphatic carbocycles. The molecule has 3 aromatic rings. The molecule has 7 nitrogen and oxygen atoms in total. The van der Waals surface area contributed by atoms with Gasteiger partial charge in [0.15, 0.2) is 0 Å². The Morgan fingerprint density at radius 1 is 1.36 bits per heavy atom. The van der Waals surface area contributed by atoms with E-state index < -0.39 is 11.1 Å². The molecular formula is C17H18N4O3S. The highest BCUT2D eigenvalue weighted by Crippen LogP contribution is 2.15. The largest absolute Gasteiger partial charge is 0.336 e. The number of amides is 1. The molecule has 0 bridgehead atoms. The molecule has 0 atom stereocenters. The number of hydrogen-bond acceptors (Lipinski definition) is 5. The number of nitrogens with zero attached hydrogens (tertiary/aromatic N) is 3. The van der Waals surface area contributed by atoms with Crippen molar-refractivity contribution >= 4 is 28.3 Å². The summed E-state index contributed by atoms with van der Waals surface area (Å²) in [6.07, 6.45) is 0. The quantitative estimate of drug-likeness (QED) is 0.720. The lowest BCUT2D eigenvalue weighted by atomic mass is 10.1. The number of benzene rings is 1. The van der Waals surface area contributed by atoms with E-state index in [1.807, 2.05) is 12.3 Å². The normalized spacial score (nSPS) is 11.0. The van der Waals surface area contributed by atoms with Gasteiger partial charge in [0.1, 0.15) is 0 Å². The number of carbonyl (C=O) groups excluding carboxylic acids is 1. The molecule has 0 saturated heterocycles. The van der Waals surface area contributed by atoms with Crippen LogP contribution in [0.2, 0.25) is 0 Å². The summed E-state index contributed by atoms with van der Waals surface area (Å²) in [6, 6.07) is 4.95. The van der Waals surface area contributed by atoms with Crippen molar-refractivity contribution < 1.29 is 4.79 Å². The van der Waals surface area contributed by atoms with Crippen molar-refractivity contribution in [3.05, 3.63) is 60.6 Å². The van der Waals surface area contributed by atoms with Gasteiger partial charge >= 0.3 is 11.1 Å². The average Bonchev–Trinajstić information content (AvgIpc) is 2.99. The SMILES string of the molecule is CCn1c(=O)c(=O)[nH]c2cc(C(=O)N(C)Cc3csc(C)n3)ccc21. The van der Waals surface area contributed by atoms with Crippen LogP contribution < -0.4 is 11.1 Å². The highest BCUT2D eigenvalue weighted by atomic mass is 32.1. The van der Waals surface area contributed by atoms with Crippen LogP contribution in [0.1, 0.15) is 28.0 Å². The Kier molecular flexibility index (Phi) is 4.54. The molecule has 2 aromatic heterocycles. The van der Waals surface area contributed by atoms with Crippen molar-refractivity contribution in [1.82, 2.24) is 19.4 Å². The van der Waals surface area contributed by atoms with E-state index in [1.165, 1.54) is 4.57 Å². The van der Waals surface area contributed by atoms with Crippen molar-refractivity contribution in [1.29, 1.82) is 0 Å². The van der Waals surface area contributed by atoms with Gasteiger partial charge < -0.3 is 14.5 Å². The number of aryl methyl sites for hydroxylation is 2. The lowest BCUT2D eigenvalue weighted by Gasteiger charge is -2.16. The van der Waals surface area contributed by atoms with Gasteiger partial charge in [-0.05, 0) is 32.0 Å². The zero-order valence-electron chi connectivity index (χ0n) is 14.2. The number of fused-ring (bicyclic) bond motifs is 1. The van der Waals surface area contributed by atoms with Crippen molar-refractivity contribution in [3.8, 4) is 0 Å². The summed E-state index contributed by atoms with van der Waals surface area (Å²) in [7, 11) is 1.71. The number of aromatic amines is 1. The molecule has 0 aliphatic rings. The first-order chi connectivity index (χ1) is 11.9. The van der Waals surface area contributed by atoms with Gasteiger partial charge in [0, 0.05) is 24.5 Å². The Morgan fingerprint density at radius 2 is 2.12 bits per heavy atom. The molecule has 1 amide bonds. The molecule has 1 N–H and O–H groups in total. The summed E-state index contributed by atoms with van der Waals surface area (Å²) < 4.78 is 1.39. The van der Waals surface area contributed by atoms with Gasteiger partial charge in [-0.15, -0.1) is 11.3 Å². The van der Waals surface area contributed by atoms with E-state index in [-0.39, 0.29) is 5.91 Å². The second-order valence-electron chi connectivity index (χ2n) is 5.75. The first kappa shape index (κ1) is 17.1. The van der Waals surface area contributed by atoms with Crippen LogP contribution in [0.25, 0.3) is 11.0 Å². The molecule has 0 aliphatic heterocycles. The molecule has 3 rings (SSSR count). The van der Waals surface area contributed by atoms with Crippen LogP contribution in [0, 0.1) is 6.92 Å². The Morgan fingerprint density at radius 3 is 2.76 bits per heavy atom. The van der Waals surface area contributed by atoms with E-state index >= 15 is 0 Å². The van der Waals surface area contributed by atoms with Crippen LogP contribution in [-0.2, 0) is 13.1 Å². The van der Waals surface area contributed by atoms with Gasteiger partial charge in [-0.25, -0.2) is 4.98 Å². The molecule has 0 saturated carbocycles. The third-order valence-corrected chi connectivity index (χ3v) is 4.77. The Balaban J connectivity index is 1.95. The van der Waals surface area contributed by atoms with Crippen molar-refractivity contribution in [2.75, 3.05) is 7.05 Å². The zero-order valence-corrected chi connectivity index (χ0v) is 15.0. The first-order valence-electron chi connectivity index (χ1n) is 7.84. The number of H-pyrrole nitrogens is 1. The Hall–Kier alpha value is -2.74. The summed E-state index contributed by atoms with van der Waals surface area (Å²) in [5, 5.41) is 2.88. The highest BCUT2D eigenvalue weighted by Gasteiger charge is 2.15. The van der Waals surface area contributed by atoms with E-state index in [1.54, 1.807) is 48.4 Å². The van der Waals surface area contributed by atoms with Crippen LogP contribution in [0.15, 0.2) is 33.2 Å². The maximum atomic E-state index is 12.6. The van der Waals surface area contributed by atoms with Crippen LogP contribution in [0.5, 0.6) is 0 Å². The zero-order chi connectivity index (χ0) is 18.1. The van der Waals surface area contributed by atoms with Crippen LogP contribution in [-0.4, -0.2) is 32.4 Å². The molecule has 8 heteroatoms. The summed E-state index contributed by atoms with van der Waals surface area (Å²) in [6.45, 7) is 4.51. The fraction of sp³-hybridized carbons (Fsp3) is 0.294. The van der Waals surface area contributed by atoms with E-state index in [0.717, 1.165) is 10.7 Å². The fourth-order valence-corrected chi connectivity index (χ4v) is 3.35. The summed E-state index contributed by atoms with van der Waals surface area (Å²) in [5.41, 5.74) is 1.07. The average molecular weight is 358 g/mol. The van der Waals surface area contributed by atoms with E-state index in [0.29, 0.717) is 29.7 Å². The molecule has 2 heterocycles. The fourth-order valence-electron chi connectivity index (χ4n) is 2.74. The maximum absolute atomic E-state index is 12.6. The molecule has 0 spiro atoms. The van der Waals surface area contributed by atoms with Gasteiger partial charge in [-0.2, -0.15) is 0 Å². The first-order valence-corrected chi connectivity index (χ1v) is 8.72. The Bertz CT molecular complexity index is 1060. The summed E-state index contributed by atoms with van der Waals surface area (Å²) >= 11 is 1.54. The van der Waals surface area contributed by atoms with Crippen LogP contribution in [0.4, 0.5) is 0 Å². The summed E-state index contributed by atoms with van der Waals surface area (Å²) in [5.74, 6) is -0.178. The minimum atomic E-state index is -0.690. The van der Waals surface area contributed by atoms with Gasteiger partial charge in [0.2, 0.25) is 0 Å². The van der Waals surface area contributed by atoms with Gasteiger partial charge in [-0.1, -0.05) is 0 Å². The lowest BCUT2D eigenvalue weighted by Crippen LogP contribution is -2.36. The monoisotopic (exact) mass is 358 g/mol. The number of hydrogen-bond donors (Lipinski definition) is 1. The van der Waals surface area contributed by atoms with Gasteiger partial charge in [0.25, 0.3) is 5.91 Å². The van der Waals surface area contributed by atoms with Crippen LogP contribution >= 0.6 is 11.3 Å². The predicted molar refractivity (Wildman–Crippen MR) is 97.2 cm³/mol. The summed E-state index contributed by atoms with van der Waals surface area (Å²) in [4.78, 5) is 44.8. The van der Waals surface area contributed by atoms with Crippen molar-refractivity contribution in [2.24, 2.45) is 0 Å². The maximum Gasteiger partial charge on any atom is 0.316 e. The number of nitrogens with one attached hydrogen (secondary N) is 1. The molecule has 25 heavy (non-hydrogen) atoms. The van der Waals surface area contributed by atoms with Crippen molar-refractivity contribution in [3.63, 3.8) is 0 Å². The standard InChI is InChI=1S/C17H18N4O3S/c1-4-21-14-6-5-11(7-13(14)19-15(22)17(21)24)16(23)20(3)8-12-9-25-10(2)18-12/h5-7,9H,4,8H2,1-3H3,(H,19,22). The van der Waals surface area contributed by atoms with Crippen molar-refractivity contribution in [2.45, 2.75) is 26.9 Å². The minimum Gasteiger partial charge on any atom is -0.336 e. The molecular weight excluding hydrogens is 340 g/mol. The van der Waals surface area contributed by atoms with E-state index in [9.17, 15) is 14.4 Å². The van der Waals surface area contributed by atoms with Crippen LogP contribution in [0.3, 0.4) is 0 Å². The molecule has 0 fully saturated rings. The highest BCUT2D eigenvalue weighted by molar-refractivity contribution is 7.09. The third-order valence-electron chi connectivity index (χ3n) is 3.95. The predicted octanol–water partition coefficient (Wildman–Crippen LogP) is 1.75. The number of carbonyl (C=O) groups is 1. The van der Waals surface area contributed by atoms with E-state index in [4.69, 9.17) is 0 Å². The smallest absolute Gasteiger partial charge is 0.316 e. The molecule has 0 unspecified atom stereocenters. The van der Waals surface area contributed by atoms with Gasteiger partial charge in [-0.3, -0.25) is 14.4 Å². The molecule has 0 radical (unpaired) electrons. The number of rotatable bonds is 4. The second-order valence-corrected chi connectivity index (χ2v) is 6.82. The Labute approximate surface area is 147 Å². The molecule has 130 valence electrons. The minimum absolute atomic E-state index is 0.178. The van der Waals surface area contributed by atoms with E-state index in [2.05, 4.69) is 9.97 Å². The molecule has 1 aromatic carbocycles. The second kappa shape index (κ2) is 6.64. The topological polar surface area (TPSA) is 88.1 Å². The van der Waals surface area contributed by atoms with Gasteiger partial charge in [0.05, 0.1) is 28.3 Å². The third kappa shape index (κ3) is 3.25. The lowest BCUT2D eigenvalue weighted by molar-refractivity contribution is 0.0783. The number of aromatic nitrogens is 3. The number of thiazole rings is 1.